The van der Waals surface area contributed by atoms with Crippen LogP contribution in [0.1, 0.15) is 5.56 Å². The number of H-pyrrole nitrogens is 2. The van der Waals surface area contributed by atoms with Gasteiger partial charge in [-0.3, -0.25) is 0 Å². The Balaban J connectivity index is 1.73. The Morgan fingerprint density at radius 1 is 1.20 bits per heavy atom. The lowest BCUT2D eigenvalue weighted by Crippen LogP contribution is -2.00. The van der Waals surface area contributed by atoms with E-state index < -0.39 is 0 Å². The van der Waals surface area contributed by atoms with Gasteiger partial charge in [-0.1, -0.05) is 6.07 Å². The third-order valence-corrected chi connectivity index (χ3v) is 3.02. The van der Waals surface area contributed by atoms with Crippen LogP contribution < -0.4 is 15.7 Å². The van der Waals surface area contributed by atoms with Crippen molar-refractivity contribution in [3.05, 3.63) is 52.6 Å². The van der Waals surface area contributed by atoms with Crippen LogP contribution in [0.25, 0.3) is 11.0 Å². The number of pyridine rings is 1. The number of nitrogens with zero attached hydrogens (tertiary/aromatic N) is 1. The Labute approximate surface area is 114 Å². The molecule has 3 rings (SSSR count). The van der Waals surface area contributed by atoms with E-state index in [0.717, 1.165) is 22.3 Å². The molecule has 0 amide bonds. The van der Waals surface area contributed by atoms with Gasteiger partial charge >= 0.3 is 5.69 Å². The largest absolute Gasteiger partial charge is 0.481 e. The van der Waals surface area contributed by atoms with Gasteiger partial charge in [0.05, 0.1) is 18.1 Å². The summed E-state index contributed by atoms with van der Waals surface area (Å²) in [6, 6.07) is 9.45. The molecule has 3 aromatic rings. The van der Waals surface area contributed by atoms with Crippen LogP contribution >= 0.6 is 0 Å². The number of hydrogen-bond acceptors (Lipinski definition) is 4. The summed E-state index contributed by atoms with van der Waals surface area (Å²) < 4.78 is 5.01. The molecule has 0 unspecified atom stereocenters. The van der Waals surface area contributed by atoms with Crippen molar-refractivity contribution < 1.29 is 4.74 Å². The molecule has 3 N–H and O–H groups in total. The first kappa shape index (κ1) is 12.3. The van der Waals surface area contributed by atoms with Crippen LogP contribution in [0, 0.1) is 0 Å². The second-order valence-corrected chi connectivity index (χ2v) is 4.40. The van der Waals surface area contributed by atoms with Gasteiger partial charge in [-0.2, -0.15) is 0 Å². The zero-order chi connectivity index (χ0) is 13.9. The Hall–Kier alpha value is -2.76. The molecule has 0 saturated carbocycles. The highest BCUT2D eigenvalue weighted by atomic mass is 16.5. The number of aromatic nitrogens is 3. The first-order valence-electron chi connectivity index (χ1n) is 6.19. The van der Waals surface area contributed by atoms with Crippen molar-refractivity contribution in [3.63, 3.8) is 0 Å². The summed E-state index contributed by atoms with van der Waals surface area (Å²) in [6.07, 6.45) is 1.77. The van der Waals surface area contributed by atoms with Crippen molar-refractivity contribution in [2.75, 3.05) is 12.4 Å². The van der Waals surface area contributed by atoms with Crippen LogP contribution in [0.15, 0.2) is 41.3 Å². The fourth-order valence-corrected chi connectivity index (χ4v) is 1.98. The van der Waals surface area contributed by atoms with Crippen molar-refractivity contribution in [1.29, 1.82) is 0 Å². The molecule has 0 fully saturated rings. The minimum atomic E-state index is -0.198. The fourth-order valence-electron chi connectivity index (χ4n) is 1.98. The van der Waals surface area contributed by atoms with Gasteiger partial charge in [-0.25, -0.2) is 9.78 Å². The van der Waals surface area contributed by atoms with E-state index in [1.165, 1.54) is 0 Å². The Morgan fingerprint density at radius 3 is 2.80 bits per heavy atom. The van der Waals surface area contributed by atoms with E-state index in [4.69, 9.17) is 4.74 Å². The number of aromatic amines is 2. The average molecular weight is 270 g/mol. The molecule has 0 atom stereocenters. The van der Waals surface area contributed by atoms with Crippen LogP contribution in [-0.2, 0) is 6.54 Å². The third-order valence-electron chi connectivity index (χ3n) is 3.02. The van der Waals surface area contributed by atoms with E-state index in [0.29, 0.717) is 12.4 Å². The third kappa shape index (κ3) is 2.49. The highest BCUT2D eigenvalue weighted by Gasteiger charge is 2.00. The normalized spacial score (nSPS) is 10.7. The van der Waals surface area contributed by atoms with E-state index >= 15 is 0 Å². The Morgan fingerprint density at radius 2 is 2.05 bits per heavy atom. The SMILES string of the molecule is COc1ccc(CNc2ccc3[nH]c(=O)[nH]c3c2)cn1. The predicted molar refractivity (Wildman–Crippen MR) is 77.0 cm³/mol. The molecule has 20 heavy (non-hydrogen) atoms. The van der Waals surface area contributed by atoms with Gasteiger partial charge in [0.25, 0.3) is 0 Å². The molecule has 2 aromatic heterocycles. The Bertz CT molecular complexity index is 774. The van der Waals surface area contributed by atoms with E-state index in [9.17, 15) is 4.79 Å². The molecule has 0 spiro atoms. The molecule has 0 radical (unpaired) electrons. The molecular weight excluding hydrogens is 256 g/mol. The van der Waals surface area contributed by atoms with E-state index in [1.54, 1.807) is 13.3 Å². The second kappa shape index (κ2) is 5.08. The van der Waals surface area contributed by atoms with Crippen molar-refractivity contribution in [2.45, 2.75) is 6.54 Å². The molecule has 102 valence electrons. The summed E-state index contributed by atoms with van der Waals surface area (Å²) in [4.78, 5) is 20.8. The number of benzene rings is 1. The van der Waals surface area contributed by atoms with Crippen LogP contribution in [0.2, 0.25) is 0 Å². The number of hydrogen-bond donors (Lipinski definition) is 3. The van der Waals surface area contributed by atoms with Crippen LogP contribution in [0.4, 0.5) is 5.69 Å². The molecular formula is C14H14N4O2. The second-order valence-electron chi connectivity index (χ2n) is 4.40. The first-order valence-corrected chi connectivity index (χ1v) is 6.19. The van der Waals surface area contributed by atoms with Crippen LogP contribution in [0.3, 0.4) is 0 Å². The Kier molecular flexibility index (Phi) is 3.12. The maximum atomic E-state index is 11.2. The van der Waals surface area contributed by atoms with Crippen LogP contribution in [-0.4, -0.2) is 22.1 Å². The van der Waals surface area contributed by atoms with Crippen molar-refractivity contribution >= 4 is 16.7 Å². The molecule has 6 nitrogen and oxygen atoms in total. The van der Waals surface area contributed by atoms with Gasteiger partial charge in [0.2, 0.25) is 5.88 Å². The minimum Gasteiger partial charge on any atom is -0.481 e. The highest BCUT2D eigenvalue weighted by Crippen LogP contribution is 2.15. The van der Waals surface area contributed by atoms with Crippen molar-refractivity contribution in [3.8, 4) is 5.88 Å². The zero-order valence-corrected chi connectivity index (χ0v) is 10.9. The van der Waals surface area contributed by atoms with E-state index in [1.807, 2.05) is 30.3 Å². The minimum absolute atomic E-state index is 0.198. The number of anilines is 1. The van der Waals surface area contributed by atoms with Gasteiger partial charge in [0, 0.05) is 24.5 Å². The number of fused-ring (bicyclic) bond motifs is 1. The van der Waals surface area contributed by atoms with Gasteiger partial charge < -0.3 is 20.0 Å². The van der Waals surface area contributed by atoms with Crippen LogP contribution in [0.5, 0.6) is 5.88 Å². The number of rotatable bonds is 4. The number of methoxy groups -OCH3 is 1. The van der Waals surface area contributed by atoms with Gasteiger partial charge in [0.15, 0.2) is 0 Å². The summed E-state index contributed by atoms with van der Waals surface area (Å²) in [6.45, 7) is 0.650. The molecule has 0 saturated heterocycles. The predicted octanol–water partition coefficient (Wildman–Crippen LogP) is 1.87. The lowest BCUT2D eigenvalue weighted by atomic mass is 10.2. The molecule has 2 heterocycles. The van der Waals surface area contributed by atoms with Gasteiger partial charge in [-0.15, -0.1) is 0 Å². The maximum absolute atomic E-state index is 11.2. The molecule has 1 aromatic carbocycles. The summed E-state index contributed by atoms with van der Waals surface area (Å²) in [5.74, 6) is 0.597. The summed E-state index contributed by atoms with van der Waals surface area (Å²) in [5, 5.41) is 3.28. The van der Waals surface area contributed by atoms with Crippen molar-refractivity contribution in [2.24, 2.45) is 0 Å². The number of imidazole rings is 1. The molecule has 0 bridgehead atoms. The fraction of sp³-hybridized carbons (Fsp3) is 0.143. The van der Waals surface area contributed by atoms with Gasteiger partial charge in [0.1, 0.15) is 0 Å². The first-order chi connectivity index (χ1) is 9.74. The topological polar surface area (TPSA) is 82.8 Å². The number of nitrogens with one attached hydrogen (secondary N) is 3. The highest BCUT2D eigenvalue weighted by molar-refractivity contribution is 5.78. The van der Waals surface area contributed by atoms with Gasteiger partial charge in [-0.05, 0) is 23.8 Å². The van der Waals surface area contributed by atoms with E-state index in [2.05, 4.69) is 20.3 Å². The molecule has 0 aliphatic heterocycles. The standard InChI is InChI=1S/C14H14N4O2/c1-20-13-5-2-9(8-16-13)7-15-10-3-4-11-12(6-10)18-14(19)17-11/h2-6,8,15H,7H2,1H3,(H2,17,18,19). The summed E-state index contributed by atoms with van der Waals surface area (Å²) in [7, 11) is 1.59. The summed E-state index contributed by atoms with van der Waals surface area (Å²) >= 11 is 0. The molecule has 0 aliphatic carbocycles. The molecule has 6 heteroatoms. The lowest BCUT2D eigenvalue weighted by molar-refractivity contribution is 0.397. The maximum Gasteiger partial charge on any atom is 0.323 e. The molecule has 0 aliphatic rings. The monoisotopic (exact) mass is 270 g/mol. The summed E-state index contributed by atoms with van der Waals surface area (Å²) in [5.41, 5.74) is 3.37. The average Bonchev–Trinajstić information content (AvgIpc) is 2.85. The zero-order valence-electron chi connectivity index (χ0n) is 10.9. The lowest BCUT2D eigenvalue weighted by Gasteiger charge is -2.07. The smallest absolute Gasteiger partial charge is 0.323 e. The van der Waals surface area contributed by atoms with E-state index in [-0.39, 0.29) is 5.69 Å². The van der Waals surface area contributed by atoms with Crippen molar-refractivity contribution in [1.82, 2.24) is 15.0 Å². The quantitative estimate of drug-likeness (QED) is 0.676. The number of ether oxygens (including phenoxy) is 1.